The normalized spacial score (nSPS) is 18.8. The molecule has 2 aromatic carbocycles. The molecule has 0 spiro atoms. The second-order valence-electron chi connectivity index (χ2n) is 6.42. The van der Waals surface area contributed by atoms with Crippen LogP contribution in [0.15, 0.2) is 63.9 Å². The summed E-state index contributed by atoms with van der Waals surface area (Å²) in [5, 5.41) is 7.66. The molecule has 0 aromatic heterocycles. The number of ketones is 1. The van der Waals surface area contributed by atoms with E-state index < -0.39 is 27.0 Å². The first-order valence-corrected chi connectivity index (χ1v) is 11.2. The van der Waals surface area contributed by atoms with Gasteiger partial charge in [0.15, 0.2) is 6.10 Å². The molecule has 7 nitrogen and oxygen atoms in total. The first-order chi connectivity index (χ1) is 14.0. The number of benzene rings is 2. The van der Waals surface area contributed by atoms with Crippen LogP contribution >= 0.6 is 11.8 Å². The zero-order valence-electron chi connectivity index (χ0n) is 15.3. The van der Waals surface area contributed by atoms with Crippen LogP contribution in [0, 0.1) is 11.3 Å². The van der Waals surface area contributed by atoms with Crippen LogP contribution in [0.1, 0.15) is 5.56 Å². The molecule has 0 fully saturated rings. The van der Waals surface area contributed by atoms with Crippen LogP contribution in [0.25, 0.3) is 5.70 Å². The summed E-state index contributed by atoms with van der Waals surface area (Å²) in [6.45, 7) is 0. The van der Waals surface area contributed by atoms with E-state index in [0.29, 0.717) is 22.8 Å². The topological polar surface area (TPSA) is 105 Å². The molecular weight excluding hydrogens is 412 g/mol. The highest BCUT2D eigenvalue weighted by Crippen LogP contribution is 2.40. The van der Waals surface area contributed by atoms with E-state index in [1.165, 1.54) is 43.1 Å². The van der Waals surface area contributed by atoms with Gasteiger partial charge in [-0.15, -0.1) is 11.8 Å². The lowest BCUT2D eigenvalue weighted by atomic mass is 10.00. The summed E-state index contributed by atoms with van der Waals surface area (Å²) in [4.78, 5) is 19.4. The van der Waals surface area contributed by atoms with Gasteiger partial charge >= 0.3 is 0 Å². The number of hydrogen-bond donors (Lipinski definition) is 1. The largest absolute Gasteiger partial charge is 0.497 e. The number of hydroxylamine groups is 1. The number of Topliss-reactive ketones (excluding diaryl/α,β-unsaturated/α-hetero) is 1. The van der Waals surface area contributed by atoms with E-state index >= 15 is 0 Å². The fourth-order valence-electron chi connectivity index (χ4n) is 3.27. The minimum absolute atomic E-state index is 0.123. The second-order valence-corrected chi connectivity index (χ2v) is 9.47. The summed E-state index contributed by atoms with van der Waals surface area (Å²) in [5.74, 6) is 0.136. The first-order valence-electron chi connectivity index (χ1n) is 8.65. The van der Waals surface area contributed by atoms with E-state index in [1.54, 1.807) is 6.07 Å². The van der Waals surface area contributed by atoms with Gasteiger partial charge in [0.05, 0.1) is 23.8 Å². The third-order valence-corrected chi connectivity index (χ3v) is 7.80. The molecule has 0 aliphatic carbocycles. The number of carbonyl (C=O) groups is 1. The van der Waals surface area contributed by atoms with E-state index in [-0.39, 0.29) is 4.90 Å². The molecule has 2 aliphatic rings. The van der Waals surface area contributed by atoms with E-state index in [9.17, 15) is 18.5 Å². The van der Waals surface area contributed by atoms with Gasteiger partial charge in [0, 0.05) is 21.8 Å². The number of methoxy groups -OCH3 is 1. The molecule has 0 bridgehead atoms. The summed E-state index contributed by atoms with van der Waals surface area (Å²) < 4.78 is 30.9. The fraction of sp³-hybridized carbons (Fsp3) is 0.200. The Hall–Kier alpha value is -2.80. The minimum atomic E-state index is -4.21. The number of ether oxygens (including phenoxy) is 1. The van der Waals surface area contributed by atoms with Crippen molar-refractivity contribution in [1.82, 2.24) is 5.48 Å². The molecule has 2 aromatic rings. The van der Waals surface area contributed by atoms with E-state index in [1.807, 2.05) is 24.3 Å². The molecular formula is C20H16N2O5S2. The number of sulfone groups is 1. The van der Waals surface area contributed by atoms with Gasteiger partial charge < -0.3 is 4.74 Å². The summed E-state index contributed by atoms with van der Waals surface area (Å²) in [6, 6.07) is 14.9. The van der Waals surface area contributed by atoms with Crippen molar-refractivity contribution in [3.8, 4) is 11.8 Å². The highest BCUT2D eigenvalue weighted by Gasteiger charge is 2.44. The zero-order valence-corrected chi connectivity index (χ0v) is 16.9. The number of hydrogen-bond acceptors (Lipinski definition) is 8. The lowest BCUT2D eigenvalue weighted by Crippen LogP contribution is -2.39. The quantitative estimate of drug-likeness (QED) is 0.774. The minimum Gasteiger partial charge on any atom is -0.497 e. The average molecular weight is 428 g/mol. The maximum Gasteiger partial charge on any atom is 0.213 e. The smallest absolute Gasteiger partial charge is 0.213 e. The van der Waals surface area contributed by atoms with Gasteiger partial charge in [-0.2, -0.15) is 5.26 Å². The Morgan fingerprint density at radius 2 is 2.00 bits per heavy atom. The SMILES string of the molecule is COc1ccc(S(=O)(=O)C(C#N)C(=O)C2ONC3=C2CSc2ccccc23)cc1. The molecule has 9 heteroatoms. The van der Waals surface area contributed by atoms with E-state index in [2.05, 4.69) is 5.48 Å². The van der Waals surface area contributed by atoms with Gasteiger partial charge in [-0.25, -0.2) is 8.42 Å². The van der Waals surface area contributed by atoms with Crippen molar-refractivity contribution in [2.75, 3.05) is 12.9 Å². The van der Waals surface area contributed by atoms with Crippen LogP contribution in [0.4, 0.5) is 0 Å². The summed E-state index contributed by atoms with van der Waals surface area (Å²) >= 11 is 1.54. The predicted molar refractivity (Wildman–Crippen MR) is 107 cm³/mol. The van der Waals surface area contributed by atoms with Crippen LogP contribution in [0.2, 0.25) is 0 Å². The van der Waals surface area contributed by atoms with Gasteiger partial charge in [0.25, 0.3) is 0 Å². The molecule has 0 amide bonds. The maximum atomic E-state index is 13.1. The van der Waals surface area contributed by atoms with E-state index in [0.717, 1.165) is 10.5 Å². The van der Waals surface area contributed by atoms with Crippen molar-refractivity contribution >= 4 is 33.1 Å². The summed E-state index contributed by atoms with van der Waals surface area (Å²) in [5.41, 5.74) is 4.95. The molecule has 2 heterocycles. The third-order valence-electron chi connectivity index (χ3n) is 4.79. The van der Waals surface area contributed by atoms with E-state index in [4.69, 9.17) is 9.57 Å². The van der Waals surface area contributed by atoms with Crippen molar-refractivity contribution in [3.05, 3.63) is 59.7 Å². The Bertz CT molecular complexity index is 1150. The van der Waals surface area contributed by atoms with Gasteiger partial charge in [-0.3, -0.25) is 15.1 Å². The molecule has 2 unspecified atom stereocenters. The lowest BCUT2D eigenvalue weighted by molar-refractivity contribution is -0.128. The second kappa shape index (κ2) is 7.55. The van der Waals surface area contributed by atoms with Crippen LogP contribution in [0.5, 0.6) is 5.75 Å². The predicted octanol–water partition coefficient (Wildman–Crippen LogP) is 2.35. The number of carbonyl (C=O) groups excluding carboxylic acids is 1. The Kier molecular flexibility index (Phi) is 5.08. The van der Waals surface area contributed by atoms with Gasteiger partial charge in [-0.1, -0.05) is 18.2 Å². The summed E-state index contributed by atoms with van der Waals surface area (Å²) in [6.07, 6.45) is -1.14. The van der Waals surface area contributed by atoms with Crippen molar-refractivity contribution < 1.29 is 22.8 Å². The van der Waals surface area contributed by atoms with Crippen LogP contribution in [-0.4, -0.2) is 38.4 Å². The standard InChI is InChI=1S/C20H16N2O5S2/c1-26-12-6-8-13(9-7-12)29(24,25)17(10-21)19(23)20-15-11-28-16-5-3-2-4-14(16)18(15)22-27-20/h2-9,17,20,22H,11H2,1H3. The molecule has 0 saturated heterocycles. The molecule has 4 rings (SSSR count). The molecule has 0 radical (unpaired) electrons. The van der Waals surface area contributed by atoms with Gasteiger partial charge in [0.2, 0.25) is 20.9 Å². The Labute approximate surface area is 172 Å². The lowest BCUT2D eigenvalue weighted by Gasteiger charge is -2.19. The maximum absolute atomic E-state index is 13.1. The van der Waals surface area contributed by atoms with Crippen molar-refractivity contribution in [1.29, 1.82) is 5.26 Å². The number of nitrogens with zero attached hydrogens (tertiary/aromatic N) is 1. The van der Waals surface area contributed by atoms with Crippen molar-refractivity contribution in [2.24, 2.45) is 0 Å². The molecule has 1 N–H and O–H groups in total. The van der Waals surface area contributed by atoms with Gasteiger partial charge in [-0.05, 0) is 30.3 Å². The number of rotatable bonds is 5. The molecule has 148 valence electrons. The van der Waals surface area contributed by atoms with Crippen LogP contribution in [0.3, 0.4) is 0 Å². The fourth-order valence-corrected chi connectivity index (χ4v) is 5.73. The Morgan fingerprint density at radius 3 is 2.69 bits per heavy atom. The van der Waals surface area contributed by atoms with Crippen LogP contribution in [-0.2, 0) is 19.5 Å². The number of nitrogens with one attached hydrogen (secondary N) is 1. The van der Waals surface area contributed by atoms with Crippen molar-refractivity contribution in [2.45, 2.75) is 21.1 Å². The first kappa shape index (κ1) is 19.5. The van der Waals surface area contributed by atoms with Crippen LogP contribution < -0.4 is 10.2 Å². The Balaban J connectivity index is 1.66. The summed E-state index contributed by atoms with van der Waals surface area (Å²) in [7, 11) is -2.75. The molecule has 2 aliphatic heterocycles. The number of fused-ring (bicyclic) bond motifs is 2. The highest BCUT2D eigenvalue weighted by molar-refractivity contribution is 7.99. The number of thioether (sulfide) groups is 1. The molecule has 2 atom stereocenters. The number of nitriles is 1. The monoisotopic (exact) mass is 428 g/mol. The van der Waals surface area contributed by atoms with Crippen molar-refractivity contribution in [3.63, 3.8) is 0 Å². The average Bonchev–Trinajstić information content (AvgIpc) is 3.18. The zero-order chi connectivity index (χ0) is 20.6. The Morgan fingerprint density at radius 1 is 1.28 bits per heavy atom. The third kappa shape index (κ3) is 3.29. The van der Waals surface area contributed by atoms with Gasteiger partial charge in [0.1, 0.15) is 5.75 Å². The highest BCUT2D eigenvalue weighted by atomic mass is 32.2. The molecule has 29 heavy (non-hydrogen) atoms. The molecule has 0 saturated carbocycles.